The Morgan fingerprint density at radius 2 is 2.32 bits per heavy atom. The molecular formula is C13H25N5S. The molecule has 0 bridgehead atoms. The van der Waals surface area contributed by atoms with Crippen LogP contribution in [0.1, 0.15) is 19.7 Å². The van der Waals surface area contributed by atoms with Crippen molar-refractivity contribution in [1.82, 2.24) is 19.7 Å². The largest absolute Gasteiger partial charge is 0.326 e. The quantitative estimate of drug-likeness (QED) is 0.868. The van der Waals surface area contributed by atoms with Crippen LogP contribution in [0.2, 0.25) is 0 Å². The molecule has 2 atom stereocenters. The van der Waals surface area contributed by atoms with Gasteiger partial charge in [-0.15, -0.1) is 0 Å². The molecule has 1 aromatic rings. The number of hydrogen-bond donors (Lipinski definition) is 1. The second-order valence-electron chi connectivity index (χ2n) is 5.74. The zero-order valence-corrected chi connectivity index (χ0v) is 12.9. The Hall–Kier alpha value is -0.590. The zero-order valence-electron chi connectivity index (χ0n) is 12.1. The number of rotatable bonds is 5. The van der Waals surface area contributed by atoms with Gasteiger partial charge in [-0.1, -0.05) is 13.8 Å². The minimum Gasteiger partial charge on any atom is -0.326 e. The highest BCUT2D eigenvalue weighted by Gasteiger charge is 2.26. The molecule has 0 aromatic carbocycles. The molecule has 1 aliphatic rings. The van der Waals surface area contributed by atoms with Crippen molar-refractivity contribution >= 4 is 11.8 Å². The summed E-state index contributed by atoms with van der Waals surface area (Å²) in [5.74, 6) is 3.92. The van der Waals surface area contributed by atoms with E-state index in [1.54, 1.807) is 6.33 Å². The van der Waals surface area contributed by atoms with Crippen LogP contribution in [0, 0.1) is 5.92 Å². The first-order chi connectivity index (χ1) is 9.08. The van der Waals surface area contributed by atoms with Crippen LogP contribution in [-0.2, 0) is 13.0 Å². The van der Waals surface area contributed by atoms with E-state index in [2.05, 4.69) is 35.9 Å². The first kappa shape index (κ1) is 14.8. The van der Waals surface area contributed by atoms with E-state index < -0.39 is 0 Å². The van der Waals surface area contributed by atoms with E-state index in [4.69, 9.17) is 5.73 Å². The van der Waals surface area contributed by atoms with Crippen LogP contribution >= 0.6 is 11.8 Å². The second kappa shape index (κ2) is 6.72. The van der Waals surface area contributed by atoms with Gasteiger partial charge in [0.15, 0.2) is 0 Å². The predicted molar refractivity (Wildman–Crippen MR) is 80.3 cm³/mol. The van der Waals surface area contributed by atoms with Crippen molar-refractivity contribution in [2.45, 2.75) is 38.9 Å². The molecular weight excluding hydrogens is 258 g/mol. The van der Waals surface area contributed by atoms with Crippen LogP contribution in [0.4, 0.5) is 0 Å². The molecule has 1 aliphatic heterocycles. The van der Waals surface area contributed by atoms with E-state index in [0.29, 0.717) is 12.0 Å². The molecule has 1 fully saturated rings. The Morgan fingerprint density at radius 3 is 3.00 bits per heavy atom. The van der Waals surface area contributed by atoms with Crippen molar-refractivity contribution in [3.63, 3.8) is 0 Å². The van der Waals surface area contributed by atoms with E-state index in [9.17, 15) is 0 Å². The molecule has 0 spiro atoms. The molecule has 1 saturated heterocycles. The molecule has 0 radical (unpaired) electrons. The van der Waals surface area contributed by atoms with Crippen molar-refractivity contribution < 1.29 is 0 Å². The maximum Gasteiger partial charge on any atom is 0.138 e. The molecule has 2 rings (SSSR count). The number of hydrogen-bond acceptors (Lipinski definition) is 5. The summed E-state index contributed by atoms with van der Waals surface area (Å²) in [5.41, 5.74) is 6.39. The summed E-state index contributed by atoms with van der Waals surface area (Å²) in [5, 5.41) is 4.30. The topological polar surface area (TPSA) is 60.0 Å². The van der Waals surface area contributed by atoms with E-state index in [1.807, 2.05) is 16.4 Å². The molecule has 2 N–H and O–H groups in total. The highest BCUT2D eigenvalue weighted by atomic mass is 32.2. The van der Waals surface area contributed by atoms with Crippen LogP contribution in [0.25, 0.3) is 0 Å². The number of aromatic nitrogens is 3. The summed E-state index contributed by atoms with van der Waals surface area (Å²) >= 11 is 2.00. The van der Waals surface area contributed by atoms with Crippen LogP contribution in [0.15, 0.2) is 6.33 Å². The average molecular weight is 283 g/mol. The summed E-state index contributed by atoms with van der Waals surface area (Å²) in [4.78, 5) is 6.75. The van der Waals surface area contributed by atoms with Crippen LogP contribution < -0.4 is 5.73 Å². The van der Waals surface area contributed by atoms with Gasteiger partial charge in [0.05, 0.1) is 0 Å². The lowest BCUT2D eigenvalue weighted by Gasteiger charge is -2.35. The molecule has 108 valence electrons. The summed E-state index contributed by atoms with van der Waals surface area (Å²) in [6.07, 6.45) is 2.45. The molecule has 0 saturated carbocycles. The first-order valence-electron chi connectivity index (χ1n) is 6.98. The number of thioether (sulfide) groups is 1. The van der Waals surface area contributed by atoms with Crippen LogP contribution in [0.5, 0.6) is 0 Å². The fourth-order valence-electron chi connectivity index (χ4n) is 2.45. The van der Waals surface area contributed by atoms with Crippen molar-refractivity contribution in [2.75, 3.05) is 25.1 Å². The van der Waals surface area contributed by atoms with Gasteiger partial charge in [0, 0.05) is 43.1 Å². The normalized spacial score (nSPS) is 22.9. The fraction of sp³-hybridized carbons (Fsp3) is 0.846. The zero-order chi connectivity index (χ0) is 13.8. The number of nitrogens with two attached hydrogens (primary N) is 1. The van der Waals surface area contributed by atoms with Gasteiger partial charge in [-0.2, -0.15) is 16.9 Å². The Kier molecular flexibility index (Phi) is 5.24. The summed E-state index contributed by atoms with van der Waals surface area (Å²) < 4.78 is 2.00. The third kappa shape index (κ3) is 3.94. The third-order valence-electron chi connectivity index (χ3n) is 3.59. The van der Waals surface area contributed by atoms with Gasteiger partial charge >= 0.3 is 0 Å². The van der Waals surface area contributed by atoms with Gasteiger partial charge in [-0.3, -0.25) is 0 Å². The Labute approximate surface area is 119 Å². The summed E-state index contributed by atoms with van der Waals surface area (Å²) in [6, 6.07) is 0.580. The summed E-state index contributed by atoms with van der Waals surface area (Å²) in [7, 11) is 2.17. The third-order valence-corrected chi connectivity index (χ3v) is 4.64. The van der Waals surface area contributed by atoms with E-state index in [1.165, 1.54) is 5.75 Å². The van der Waals surface area contributed by atoms with Gasteiger partial charge in [0.25, 0.3) is 0 Å². The highest BCUT2D eigenvalue weighted by Crippen LogP contribution is 2.18. The lowest BCUT2D eigenvalue weighted by molar-refractivity contribution is 0.233. The van der Waals surface area contributed by atoms with Crippen molar-refractivity contribution in [2.24, 2.45) is 11.7 Å². The fourth-order valence-corrected chi connectivity index (χ4v) is 3.77. The lowest BCUT2D eigenvalue weighted by atomic mass is 10.1. The molecule has 2 heterocycles. The molecule has 5 nitrogen and oxygen atoms in total. The van der Waals surface area contributed by atoms with Crippen molar-refractivity contribution in [3.8, 4) is 0 Å². The average Bonchev–Trinajstić information content (AvgIpc) is 2.76. The first-order valence-corrected chi connectivity index (χ1v) is 8.13. The maximum absolute atomic E-state index is 6.39. The van der Waals surface area contributed by atoms with Crippen LogP contribution in [-0.4, -0.2) is 56.8 Å². The van der Waals surface area contributed by atoms with E-state index >= 15 is 0 Å². The summed E-state index contributed by atoms with van der Waals surface area (Å²) in [6.45, 7) is 6.42. The smallest absolute Gasteiger partial charge is 0.138 e. The molecule has 0 aliphatic carbocycles. The Balaban J connectivity index is 1.98. The second-order valence-corrected chi connectivity index (χ2v) is 6.89. The molecule has 19 heavy (non-hydrogen) atoms. The predicted octanol–water partition coefficient (Wildman–Crippen LogP) is 0.851. The van der Waals surface area contributed by atoms with E-state index in [0.717, 1.165) is 31.1 Å². The standard InChI is InChI=1S/C13H25N5S/c1-10(2)7-18-13(15-9-16-18)6-11(14)12-8-19-5-4-17(12)3/h9-12H,4-8,14H2,1-3H3. The van der Waals surface area contributed by atoms with Crippen molar-refractivity contribution in [3.05, 3.63) is 12.2 Å². The highest BCUT2D eigenvalue weighted by molar-refractivity contribution is 7.99. The SMILES string of the molecule is CC(C)Cn1ncnc1CC(N)C1CSCCN1C. The molecule has 1 aromatic heterocycles. The molecule has 6 heteroatoms. The minimum atomic E-state index is 0.132. The minimum absolute atomic E-state index is 0.132. The van der Waals surface area contributed by atoms with Crippen LogP contribution in [0.3, 0.4) is 0 Å². The Morgan fingerprint density at radius 1 is 1.53 bits per heavy atom. The van der Waals surface area contributed by atoms with Gasteiger partial charge in [-0.25, -0.2) is 9.67 Å². The van der Waals surface area contributed by atoms with Gasteiger partial charge in [0.2, 0.25) is 0 Å². The molecule has 2 unspecified atom stereocenters. The maximum atomic E-state index is 6.39. The van der Waals surface area contributed by atoms with Gasteiger partial charge in [-0.05, 0) is 13.0 Å². The molecule has 0 amide bonds. The number of nitrogens with zero attached hydrogens (tertiary/aromatic N) is 4. The monoisotopic (exact) mass is 283 g/mol. The van der Waals surface area contributed by atoms with Crippen molar-refractivity contribution in [1.29, 1.82) is 0 Å². The number of likely N-dealkylation sites (N-methyl/N-ethyl adjacent to an activating group) is 1. The van der Waals surface area contributed by atoms with Gasteiger partial charge in [0.1, 0.15) is 12.2 Å². The lowest BCUT2D eigenvalue weighted by Crippen LogP contribution is -2.51. The van der Waals surface area contributed by atoms with E-state index in [-0.39, 0.29) is 6.04 Å². The Bertz CT molecular complexity index is 392. The van der Waals surface area contributed by atoms with Gasteiger partial charge < -0.3 is 10.6 Å².